The molecule has 5 nitrogen and oxygen atoms in total. The lowest BCUT2D eigenvalue weighted by Crippen LogP contribution is -2.49. The lowest BCUT2D eigenvalue weighted by atomic mass is 10.1. The second-order valence-electron chi connectivity index (χ2n) is 5.89. The van der Waals surface area contributed by atoms with Crippen molar-refractivity contribution in [3.05, 3.63) is 0 Å². The summed E-state index contributed by atoms with van der Waals surface area (Å²) in [4.78, 5) is 0. The molecule has 0 radical (unpaired) electrons. The van der Waals surface area contributed by atoms with Gasteiger partial charge in [-0.1, -0.05) is 6.42 Å². The van der Waals surface area contributed by atoms with Gasteiger partial charge >= 0.3 is 0 Å². The number of hydrogen-bond donors (Lipinski definition) is 1. The molecular formula is C12H23N3O2S. The normalized spacial score (nSPS) is 39.1. The maximum Gasteiger partial charge on any atom is 0.282 e. The lowest BCUT2D eigenvalue weighted by molar-refractivity contribution is 0.248. The molecule has 0 bridgehead atoms. The standard InChI is InChI=1S/C12H23N3O2S/c1-10-4-2-3-7-15(10)18(16,17)14-8-11-5-6-13-12(11)9-14/h10-13H,2-9H2,1H3/t10?,11-,12+/m0/s1. The third-order valence-electron chi connectivity index (χ3n) is 4.69. The Hall–Kier alpha value is -0.170. The van der Waals surface area contributed by atoms with Gasteiger partial charge < -0.3 is 5.32 Å². The van der Waals surface area contributed by atoms with Gasteiger partial charge in [0.1, 0.15) is 0 Å². The van der Waals surface area contributed by atoms with Crippen LogP contribution in [0.5, 0.6) is 0 Å². The first-order chi connectivity index (χ1) is 8.59. The molecule has 0 aromatic heterocycles. The fourth-order valence-electron chi connectivity index (χ4n) is 3.56. The van der Waals surface area contributed by atoms with Crippen molar-refractivity contribution < 1.29 is 8.42 Å². The van der Waals surface area contributed by atoms with Crippen molar-refractivity contribution in [1.29, 1.82) is 0 Å². The lowest BCUT2D eigenvalue weighted by Gasteiger charge is -2.35. The zero-order valence-corrected chi connectivity index (χ0v) is 11.8. The van der Waals surface area contributed by atoms with Crippen LogP contribution in [0, 0.1) is 5.92 Å². The van der Waals surface area contributed by atoms with Crippen LogP contribution < -0.4 is 5.32 Å². The maximum atomic E-state index is 12.7. The first-order valence-corrected chi connectivity index (χ1v) is 8.49. The molecular weight excluding hydrogens is 250 g/mol. The van der Waals surface area contributed by atoms with Crippen LogP contribution in [-0.2, 0) is 10.2 Å². The van der Waals surface area contributed by atoms with Crippen molar-refractivity contribution in [3.63, 3.8) is 0 Å². The molecule has 3 aliphatic rings. The Morgan fingerprint density at radius 1 is 1.17 bits per heavy atom. The van der Waals surface area contributed by atoms with Crippen LogP contribution in [-0.4, -0.2) is 55.3 Å². The summed E-state index contributed by atoms with van der Waals surface area (Å²) in [7, 11) is -3.23. The molecule has 0 aliphatic carbocycles. The van der Waals surface area contributed by atoms with Gasteiger partial charge in [-0.25, -0.2) is 0 Å². The molecule has 0 saturated carbocycles. The highest BCUT2D eigenvalue weighted by molar-refractivity contribution is 7.86. The number of nitrogens with zero attached hydrogens (tertiary/aromatic N) is 2. The third-order valence-corrected chi connectivity index (χ3v) is 6.78. The van der Waals surface area contributed by atoms with Crippen LogP contribution in [0.1, 0.15) is 32.6 Å². The molecule has 3 rings (SSSR count). The van der Waals surface area contributed by atoms with Gasteiger partial charge in [-0.2, -0.15) is 17.0 Å². The predicted molar refractivity (Wildman–Crippen MR) is 70.4 cm³/mol. The van der Waals surface area contributed by atoms with Crippen molar-refractivity contribution in [2.24, 2.45) is 5.92 Å². The highest BCUT2D eigenvalue weighted by Crippen LogP contribution is 2.30. The fourth-order valence-corrected chi connectivity index (χ4v) is 5.51. The summed E-state index contributed by atoms with van der Waals surface area (Å²) in [6.07, 6.45) is 4.27. The van der Waals surface area contributed by atoms with Crippen molar-refractivity contribution in [3.8, 4) is 0 Å². The summed E-state index contributed by atoms with van der Waals surface area (Å²) < 4.78 is 28.7. The Morgan fingerprint density at radius 2 is 2.00 bits per heavy atom. The second-order valence-corrected chi connectivity index (χ2v) is 7.77. The van der Waals surface area contributed by atoms with E-state index in [-0.39, 0.29) is 6.04 Å². The van der Waals surface area contributed by atoms with E-state index in [1.54, 1.807) is 8.61 Å². The zero-order chi connectivity index (χ0) is 12.8. The Balaban J connectivity index is 1.74. The minimum Gasteiger partial charge on any atom is -0.312 e. The Morgan fingerprint density at radius 3 is 2.72 bits per heavy atom. The molecule has 3 heterocycles. The topological polar surface area (TPSA) is 52.7 Å². The average Bonchev–Trinajstić information content (AvgIpc) is 2.89. The molecule has 3 atom stereocenters. The van der Waals surface area contributed by atoms with Gasteiger partial charge in [0.15, 0.2) is 0 Å². The van der Waals surface area contributed by atoms with Gasteiger partial charge in [-0.15, -0.1) is 0 Å². The van der Waals surface area contributed by atoms with E-state index in [1.165, 1.54) is 0 Å². The van der Waals surface area contributed by atoms with Crippen molar-refractivity contribution in [2.45, 2.75) is 44.7 Å². The van der Waals surface area contributed by atoms with E-state index < -0.39 is 10.2 Å². The van der Waals surface area contributed by atoms with Gasteiger partial charge in [-0.3, -0.25) is 0 Å². The van der Waals surface area contributed by atoms with E-state index >= 15 is 0 Å². The van der Waals surface area contributed by atoms with Crippen LogP contribution in [0.15, 0.2) is 0 Å². The molecule has 0 aromatic carbocycles. The molecule has 6 heteroatoms. The maximum absolute atomic E-state index is 12.7. The summed E-state index contributed by atoms with van der Waals surface area (Å²) in [5.41, 5.74) is 0. The van der Waals surface area contributed by atoms with E-state index in [4.69, 9.17) is 0 Å². The summed E-state index contributed by atoms with van der Waals surface area (Å²) in [5.74, 6) is 0.528. The van der Waals surface area contributed by atoms with Gasteiger partial charge in [0.2, 0.25) is 0 Å². The van der Waals surface area contributed by atoms with E-state index in [2.05, 4.69) is 5.32 Å². The molecule has 1 N–H and O–H groups in total. The van der Waals surface area contributed by atoms with E-state index in [1.807, 2.05) is 6.92 Å². The summed E-state index contributed by atoms with van der Waals surface area (Å²) in [6.45, 7) is 5.15. The van der Waals surface area contributed by atoms with Crippen LogP contribution in [0.2, 0.25) is 0 Å². The fraction of sp³-hybridized carbons (Fsp3) is 1.00. The highest BCUT2D eigenvalue weighted by Gasteiger charge is 2.44. The minimum atomic E-state index is -3.23. The molecule has 1 unspecified atom stereocenters. The number of nitrogens with one attached hydrogen (secondary N) is 1. The minimum absolute atomic E-state index is 0.164. The summed E-state index contributed by atoms with van der Waals surface area (Å²) in [6, 6.07) is 0.553. The first-order valence-electron chi connectivity index (χ1n) is 7.09. The van der Waals surface area contributed by atoms with Crippen molar-refractivity contribution in [1.82, 2.24) is 13.9 Å². The van der Waals surface area contributed by atoms with E-state index in [0.29, 0.717) is 31.6 Å². The molecule has 3 aliphatic heterocycles. The molecule has 3 saturated heterocycles. The molecule has 18 heavy (non-hydrogen) atoms. The summed E-state index contributed by atoms with van der Waals surface area (Å²) in [5, 5.41) is 3.41. The monoisotopic (exact) mass is 273 g/mol. The highest BCUT2D eigenvalue weighted by atomic mass is 32.2. The van der Waals surface area contributed by atoms with E-state index in [9.17, 15) is 8.42 Å². The first kappa shape index (κ1) is 12.8. The van der Waals surface area contributed by atoms with Crippen LogP contribution in [0.4, 0.5) is 0 Å². The van der Waals surface area contributed by atoms with Crippen LogP contribution >= 0.6 is 0 Å². The molecule has 3 fully saturated rings. The zero-order valence-electron chi connectivity index (χ0n) is 11.0. The largest absolute Gasteiger partial charge is 0.312 e. The molecule has 0 amide bonds. The number of rotatable bonds is 2. The van der Waals surface area contributed by atoms with Gasteiger partial charge in [0.05, 0.1) is 0 Å². The number of fused-ring (bicyclic) bond motifs is 1. The Labute approximate surface area is 110 Å². The summed E-state index contributed by atoms with van der Waals surface area (Å²) >= 11 is 0. The molecule has 0 aromatic rings. The van der Waals surface area contributed by atoms with Crippen LogP contribution in [0.3, 0.4) is 0 Å². The Bertz CT molecular complexity index is 400. The smallest absolute Gasteiger partial charge is 0.282 e. The van der Waals surface area contributed by atoms with Crippen molar-refractivity contribution in [2.75, 3.05) is 26.2 Å². The van der Waals surface area contributed by atoms with Crippen LogP contribution in [0.25, 0.3) is 0 Å². The quantitative estimate of drug-likeness (QED) is 0.792. The van der Waals surface area contributed by atoms with Gasteiger partial charge in [0.25, 0.3) is 10.2 Å². The van der Waals surface area contributed by atoms with Gasteiger partial charge in [0, 0.05) is 31.7 Å². The SMILES string of the molecule is CC1CCCCN1S(=O)(=O)N1C[C@@H]2CCN[C@@H]2C1. The Kier molecular flexibility index (Phi) is 3.38. The second kappa shape index (κ2) is 4.74. The number of hydrogen-bond acceptors (Lipinski definition) is 3. The van der Waals surface area contributed by atoms with Gasteiger partial charge in [-0.05, 0) is 38.6 Å². The third kappa shape index (κ3) is 2.09. The average molecular weight is 273 g/mol. The molecule has 104 valence electrons. The molecule has 0 spiro atoms. The number of piperidine rings is 1. The van der Waals surface area contributed by atoms with E-state index in [0.717, 1.165) is 32.2 Å². The predicted octanol–water partition coefficient (Wildman–Crippen LogP) is 0.399. The van der Waals surface area contributed by atoms with Crippen molar-refractivity contribution >= 4 is 10.2 Å².